The Labute approximate surface area is 309 Å². The Bertz CT molecular complexity index is 2820. The van der Waals surface area contributed by atoms with Crippen molar-refractivity contribution in [3.05, 3.63) is 212 Å². The van der Waals surface area contributed by atoms with Crippen molar-refractivity contribution in [2.75, 3.05) is 4.90 Å². The number of hydrogen-bond donors (Lipinski definition) is 0. The summed E-state index contributed by atoms with van der Waals surface area (Å²) in [7, 11) is 0. The first kappa shape index (κ1) is 30.8. The summed E-state index contributed by atoms with van der Waals surface area (Å²) in [6.45, 7) is 0. The van der Waals surface area contributed by atoms with E-state index in [1.807, 2.05) is 0 Å². The fourth-order valence-electron chi connectivity index (χ4n) is 8.02. The molecule has 10 aromatic rings. The first-order chi connectivity index (χ1) is 26.3. The van der Waals surface area contributed by atoms with E-state index < -0.39 is 0 Å². The summed E-state index contributed by atoms with van der Waals surface area (Å²) >= 11 is 0. The molecule has 0 fully saturated rings. The van der Waals surface area contributed by atoms with Crippen molar-refractivity contribution < 1.29 is 0 Å². The molecule has 10 aromatic carbocycles. The van der Waals surface area contributed by atoms with E-state index in [2.05, 4.69) is 217 Å². The van der Waals surface area contributed by atoms with E-state index in [1.165, 1.54) is 76.5 Å². The summed E-state index contributed by atoms with van der Waals surface area (Å²) in [6.07, 6.45) is 0. The van der Waals surface area contributed by atoms with Gasteiger partial charge >= 0.3 is 0 Å². The van der Waals surface area contributed by atoms with Gasteiger partial charge in [-0.05, 0) is 119 Å². The third-order valence-corrected chi connectivity index (χ3v) is 10.6. The molecule has 0 spiro atoms. The minimum absolute atomic E-state index is 1.10. The predicted molar refractivity (Wildman–Crippen MR) is 227 cm³/mol. The molecule has 0 N–H and O–H groups in total. The lowest BCUT2D eigenvalue weighted by atomic mass is 9.96. The molecule has 0 radical (unpaired) electrons. The number of fused-ring (bicyclic) bond motifs is 5. The quantitative estimate of drug-likeness (QED) is 0.159. The summed E-state index contributed by atoms with van der Waals surface area (Å²) in [5, 5.41) is 10.1. The van der Waals surface area contributed by atoms with Crippen molar-refractivity contribution in [3.8, 4) is 33.4 Å². The molecule has 0 amide bonds. The Morgan fingerprint density at radius 3 is 1.28 bits per heavy atom. The molecule has 0 aliphatic heterocycles. The van der Waals surface area contributed by atoms with Gasteiger partial charge in [-0.2, -0.15) is 0 Å². The van der Waals surface area contributed by atoms with Gasteiger partial charge in [-0.25, -0.2) is 0 Å². The molecular weight excluding hydrogens is 639 g/mol. The average Bonchev–Trinajstić information content (AvgIpc) is 3.23. The molecular formula is C52H35N. The highest BCUT2D eigenvalue weighted by Crippen LogP contribution is 2.41. The van der Waals surface area contributed by atoms with Gasteiger partial charge in [-0.3, -0.25) is 0 Å². The van der Waals surface area contributed by atoms with Gasteiger partial charge in [0, 0.05) is 17.1 Å². The second kappa shape index (κ2) is 13.0. The van der Waals surface area contributed by atoms with Gasteiger partial charge in [0.2, 0.25) is 0 Å². The van der Waals surface area contributed by atoms with Crippen LogP contribution in [-0.2, 0) is 0 Å². The van der Waals surface area contributed by atoms with Gasteiger partial charge in [0.1, 0.15) is 0 Å². The molecule has 1 nitrogen and oxygen atoms in total. The van der Waals surface area contributed by atoms with Crippen molar-refractivity contribution in [2.24, 2.45) is 0 Å². The maximum absolute atomic E-state index is 2.39. The lowest BCUT2D eigenvalue weighted by molar-refractivity contribution is 1.28. The zero-order chi connectivity index (χ0) is 35.1. The fraction of sp³-hybridized carbons (Fsp3) is 0. The van der Waals surface area contributed by atoms with Crippen LogP contribution in [0.3, 0.4) is 0 Å². The standard InChI is InChI=1S/C52H35N/c1-4-20-47-37(11-1)14-9-23-50(47)41-16-7-18-45(34-41)53(46-19-8-17-42(35-46)51-24-10-15-38-12-2-5-21-48(38)51)44-30-27-36(28-31-44)40-29-32-52-43(33-40)26-25-39-13-3-6-22-49(39)52/h1-35H. The Morgan fingerprint density at radius 2 is 0.679 bits per heavy atom. The largest absolute Gasteiger partial charge is 0.310 e. The minimum Gasteiger partial charge on any atom is -0.310 e. The number of rotatable bonds is 6. The molecule has 248 valence electrons. The minimum atomic E-state index is 1.10. The maximum atomic E-state index is 2.39. The zero-order valence-corrected chi connectivity index (χ0v) is 29.2. The Kier molecular flexibility index (Phi) is 7.55. The molecule has 0 unspecified atom stereocenters. The van der Waals surface area contributed by atoms with E-state index in [1.54, 1.807) is 0 Å². The maximum Gasteiger partial charge on any atom is 0.0467 e. The molecule has 0 saturated carbocycles. The molecule has 0 aliphatic rings. The molecule has 10 rings (SSSR count). The fourth-order valence-corrected chi connectivity index (χ4v) is 8.02. The van der Waals surface area contributed by atoms with Crippen molar-refractivity contribution in [1.29, 1.82) is 0 Å². The van der Waals surface area contributed by atoms with Gasteiger partial charge in [0.25, 0.3) is 0 Å². The average molecular weight is 674 g/mol. The van der Waals surface area contributed by atoms with E-state index in [-0.39, 0.29) is 0 Å². The van der Waals surface area contributed by atoms with E-state index in [0.717, 1.165) is 17.1 Å². The van der Waals surface area contributed by atoms with E-state index in [4.69, 9.17) is 0 Å². The third-order valence-electron chi connectivity index (χ3n) is 10.6. The van der Waals surface area contributed by atoms with Crippen LogP contribution < -0.4 is 4.90 Å². The van der Waals surface area contributed by atoms with Crippen molar-refractivity contribution in [1.82, 2.24) is 0 Å². The molecule has 53 heavy (non-hydrogen) atoms. The first-order valence-electron chi connectivity index (χ1n) is 18.3. The van der Waals surface area contributed by atoms with Crippen LogP contribution in [0.2, 0.25) is 0 Å². The van der Waals surface area contributed by atoms with Crippen LogP contribution in [0.4, 0.5) is 17.1 Å². The lowest BCUT2D eigenvalue weighted by Gasteiger charge is -2.27. The van der Waals surface area contributed by atoms with E-state index in [0.29, 0.717) is 0 Å². The van der Waals surface area contributed by atoms with Gasteiger partial charge < -0.3 is 4.90 Å². The molecule has 0 aliphatic carbocycles. The van der Waals surface area contributed by atoms with Crippen LogP contribution in [0.5, 0.6) is 0 Å². The molecule has 0 heterocycles. The highest BCUT2D eigenvalue weighted by molar-refractivity contribution is 6.08. The second-order valence-electron chi connectivity index (χ2n) is 13.8. The molecule has 0 aromatic heterocycles. The number of benzene rings is 10. The van der Waals surface area contributed by atoms with Gasteiger partial charge in [0.05, 0.1) is 0 Å². The van der Waals surface area contributed by atoms with Crippen LogP contribution >= 0.6 is 0 Å². The van der Waals surface area contributed by atoms with Crippen molar-refractivity contribution in [2.45, 2.75) is 0 Å². The smallest absolute Gasteiger partial charge is 0.0467 e. The SMILES string of the molecule is c1cc(-c2cccc3ccccc23)cc(N(c2ccc(-c3ccc4c(ccc5ccccc54)c3)cc2)c2cccc(-c3cccc4ccccc34)c2)c1. The van der Waals surface area contributed by atoms with E-state index >= 15 is 0 Å². The lowest BCUT2D eigenvalue weighted by Crippen LogP contribution is -2.10. The topological polar surface area (TPSA) is 3.24 Å². The highest BCUT2D eigenvalue weighted by atomic mass is 15.1. The summed E-state index contributed by atoms with van der Waals surface area (Å²) in [5.74, 6) is 0. The van der Waals surface area contributed by atoms with Crippen LogP contribution in [-0.4, -0.2) is 0 Å². The molecule has 0 saturated heterocycles. The first-order valence-corrected chi connectivity index (χ1v) is 18.3. The Hall–Kier alpha value is -6.96. The summed E-state index contributed by atoms with van der Waals surface area (Å²) in [6, 6.07) is 77.3. The third kappa shape index (κ3) is 5.60. The van der Waals surface area contributed by atoms with E-state index in [9.17, 15) is 0 Å². The Morgan fingerprint density at radius 1 is 0.226 bits per heavy atom. The molecule has 0 bridgehead atoms. The van der Waals surface area contributed by atoms with Crippen LogP contribution in [0.15, 0.2) is 212 Å². The number of hydrogen-bond acceptors (Lipinski definition) is 1. The molecule has 1 heteroatoms. The second-order valence-corrected chi connectivity index (χ2v) is 13.8. The predicted octanol–water partition coefficient (Wildman–Crippen LogP) is 14.8. The number of nitrogens with zero attached hydrogens (tertiary/aromatic N) is 1. The Balaban J connectivity index is 1.10. The normalized spacial score (nSPS) is 11.4. The highest BCUT2D eigenvalue weighted by Gasteiger charge is 2.16. The van der Waals surface area contributed by atoms with Crippen molar-refractivity contribution >= 4 is 60.2 Å². The summed E-state index contributed by atoms with van der Waals surface area (Å²) in [5.41, 5.74) is 10.6. The van der Waals surface area contributed by atoms with Gasteiger partial charge in [-0.15, -0.1) is 0 Å². The van der Waals surface area contributed by atoms with Crippen LogP contribution in [0.25, 0.3) is 76.5 Å². The van der Waals surface area contributed by atoms with Gasteiger partial charge in [-0.1, -0.05) is 170 Å². The summed E-state index contributed by atoms with van der Waals surface area (Å²) in [4.78, 5) is 2.39. The number of anilines is 3. The molecule has 0 atom stereocenters. The van der Waals surface area contributed by atoms with Crippen LogP contribution in [0.1, 0.15) is 0 Å². The summed E-state index contributed by atoms with van der Waals surface area (Å²) < 4.78 is 0. The monoisotopic (exact) mass is 673 g/mol. The van der Waals surface area contributed by atoms with Crippen LogP contribution in [0, 0.1) is 0 Å². The zero-order valence-electron chi connectivity index (χ0n) is 29.2. The van der Waals surface area contributed by atoms with Gasteiger partial charge in [0.15, 0.2) is 0 Å². The van der Waals surface area contributed by atoms with Crippen molar-refractivity contribution in [3.63, 3.8) is 0 Å².